The molecule has 1 aromatic carbocycles. The fourth-order valence-electron chi connectivity index (χ4n) is 3.20. The number of piperazine rings is 1. The van der Waals surface area contributed by atoms with Crippen LogP contribution >= 0.6 is 0 Å². The predicted molar refractivity (Wildman–Crippen MR) is 80.7 cm³/mol. The van der Waals surface area contributed by atoms with Crippen molar-refractivity contribution in [2.45, 2.75) is 44.1 Å². The molecule has 8 heteroatoms. The average Bonchev–Trinajstić information content (AvgIpc) is 2.97. The van der Waals surface area contributed by atoms with Crippen LogP contribution in [0.15, 0.2) is 18.2 Å². The third kappa shape index (κ3) is 3.11. The Labute approximate surface area is 137 Å². The van der Waals surface area contributed by atoms with Crippen molar-refractivity contribution in [3.63, 3.8) is 0 Å². The Bertz CT molecular complexity index is 668. The molecule has 2 heterocycles. The lowest BCUT2D eigenvalue weighted by Crippen LogP contribution is -2.64. The van der Waals surface area contributed by atoms with Crippen LogP contribution in [0.3, 0.4) is 0 Å². The fraction of sp³-hybridized carbons (Fsp3) is 0.500. The van der Waals surface area contributed by atoms with Crippen LogP contribution in [-0.4, -0.2) is 52.6 Å². The molecule has 2 fully saturated rings. The van der Waals surface area contributed by atoms with Crippen molar-refractivity contribution in [1.29, 1.82) is 0 Å². The Morgan fingerprint density at radius 3 is 2.79 bits per heavy atom. The average molecular weight is 339 g/mol. The van der Waals surface area contributed by atoms with E-state index < -0.39 is 29.8 Å². The first-order valence-corrected chi connectivity index (χ1v) is 7.83. The zero-order valence-corrected chi connectivity index (χ0v) is 13.1. The quantitative estimate of drug-likeness (QED) is 0.716. The predicted octanol–water partition coefficient (Wildman–Crippen LogP) is -0.0969. The summed E-state index contributed by atoms with van der Waals surface area (Å²) in [6.45, 7) is 2.10. The molecule has 0 aromatic heterocycles. The molecule has 0 radical (unpaired) electrons. The molecule has 0 bridgehead atoms. The molecule has 3 rings (SSSR count). The van der Waals surface area contributed by atoms with E-state index in [9.17, 15) is 23.5 Å². The van der Waals surface area contributed by atoms with Crippen LogP contribution in [0.1, 0.15) is 18.9 Å². The molecule has 24 heavy (non-hydrogen) atoms. The number of carbonyl (C=O) groups is 2. The van der Waals surface area contributed by atoms with Crippen molar-refractivity contribution in [1.82, 2.24) is 15.5 Å². The van der Waals surface area contributed by atoms with E-state index in [0.29, 0.717) is 25.1 Å². The summed E-state index contributed by atoms with van der Waals surface area (Å²) in [7, 11) is 0. The molecule has 6 nitrogen and oxygen atoms in total. The summed E-state index contributed by atoms with van der Waals surface area (Å²) in [6.07, 6.45) is -0.523. The Balaban J connectivity index is 1.63. The third-order valence-electron chi connectivity index (χ3n) is 4.51. The summed E-state index contributed by atoms with van der Waals surface area (Å²) >= 11 is 0. The molecular weight excluding hydrogens is 320 g/mol. The van der Waals surface area contributed by atoms with E-state index in [-0.39, 0.29) is 17.9 Å². The molecule has 0 unspecified atom stereocenters. The first-order valence-electron chi connectivity index (χ1n) is 7.83. The van der Waals surface area contributed by atoms with Crippen molar-refractivity contribution in [3.8, 4) is 0 Å². The topological polar surface area (TPSA) is 81.7 Å². The minimum atomic E-state index is -0.961. The van der Waals surface area contributed by atoms with Gasteiger partial charge in [-0.15, -0.1) is 0 Å². The lowest BCUT2D eigenvalue weighted by atomic mass is 10.0. The maximum absolute atomic E-state index is 13.2. The maximum Gasteiger partial charge on any atom is 0.248 e. The van der Waals surface area contributed by atoms with E-state index in [0.717, 1.165) is 12.1 Å². The molecule has 2 aliphatic rings. The largest absolute Gasteiger partial charge is 0.391 e. The van der Waals surface area contributed by atoms with E-state index in [1.165, 1.54) is 17.9 Å². The van der Waals surface area contributed by atoms with Crippen LogP contribution < -0.4 is 10.6 Å². The van der Waals surface area contributed by atoms with Gasteiger partial charge >= 0.3 is 0 Å². The zero-order valence-electron chi connectivity index (χ0n) is 13.1. The van der Waals surface area contributed by atoms with E-state index in [2.05, 4.69) is 10.6 Å². The second kappa shape index (κ2) is 6.45. The lowest BCUT2D eigenvalue weighted by molar-refractivity contribution is -0.149. The van der Waals surface area contributed by atoms with Crippen LogP contribution in [0.25, 0.3) is 0 Å². The number of fused-ring (bicyclic) bond motifs is 1. The van der Waals surface area contributed by atoms with Crippen LogP contribution in [-0.2, 0) is 16.1 Å². The van der Waals surface area contributed by atoms with Gasteiger partial charge in [0.25, 0.3) is 0 Å². The van der Waals surface area contributed by atoms with Crippen molar-refractivity contribution in [2.75, 3.05) is 6.54 Å². The third-order valence-corrected chi connectivity index (χ3v) is 4.51. The van der Waals surface area contributed by atoms with Crippen molar-refractivity contribution in [3.05, 3.63) is 35.4 Å². The number of nitrogens with one attached hydrogen (secondary N) is 2. The highest BCUT2D eigenvalue weighted by Gasteiger charge is 2.47. The summed E-state index contributed by atoms with van der Waals surface area (Å²) in [5.74, 6) is -2.39. The van der Waals surface area contributed by atoms with Gasteiger partial charge in [0.1, 0.15) is 12.1 Å². The van der Waals surface area contributed by atoms with Gasteiger partial charge in [0.2, 0.25) is 11.8 Å². The number of rotatable bonds is 4. The first kappa shape index (κ1) is 16.8. The molecule has 0 spiro atoms. The highest BCUT2D eigenvalue weighted by molar-refractivity contribution is 5.97. The van der Waals surface area contributed by atoms with Gasteiger partial charge in [0.15, 0.2) is 11.6 Å². The molecule has 3 N–H and O–H groups in total. The smallest absolute Gasteiger partial charge is 0.248 e. The van der Waals surface area contributed by atoms with Crippen LogP contribution in [0, 0.1) is 11.6 Å². The number of benzene rings is 1. The molecule has 2 saturated heterocycles. The number of hydrogen-bond donors (Lipinski definition) is 3. The second-order valence-electron chi connectivity index (χ2n) is 6.30. The highest BCUT2D eigenvalue weighted by atomic mass is 19.2. The molecule has 2 aliphatic heterocycles. The zero-order chi connectivity index (χ0) is 17.4. The van der Waals surface area contributed by atoms with Gasteiger partial charge < -0.3 is 20.6 Å². The first-order chi connectivity index (χ1) is 11.4. The van der Waals surface area contributed by atoms with Gasteiger partial charge in [-0.3, -0.25) is 9.59 Å². The van der Waals surface area contributed by atoms with Gasteiger partial charge in [0, 0.05) is 19.1 Å². The summed E-state index contributed by atoms with van der Waals surface area (Å²) in [5, 5.41) is 15.3. The van der Waals surface area contributed by atoms with Crippen LogP contribution in [0.4, 0.5) is 8.78 Å². The highest BCUT2D eigenvalue weighted by Crippen LogP contribution is 2.24. The lowest BCUT2D eigenvalue weighted by Gasteiger charge is -2.35. The minimum Gasteiger partial charge on any atom is -0.391 e. The number of hydrogen-bond acceptors (Lipinski definition) is 4. The number of halogens is 2. The number of aliphatic hydroxyl groups is 1. The second-order valence-corrected chi connectivity index (χ2v) is 6.30. The molecule has 0 saturated carbocycles. The molecule has 1 aromatic rings. The monoisotopic (exact) mass is 339 g/mol. The number of amides is 2. The van der Waals surface area contributed by atoms with E-state index in [1.54, 1.807) is 0 Å². The van der Waals surface area contributed by atoms with Crippen molar-refractivity contribution >= 4 is 11.8 Å². The summed E-state index contributed by atoms with van der Waals surface area (Å²) < 4.78 is 26.1. The summed E-state index contributed by atoms with van der Waals surface area (Å²) in [5.41, 5.74) is 0.580. The maximum atomic E-state index is 13.2. The van der Waals surface area contributed by atoms with Crippen molar-refractivity contribution < 1.29 is 23.5 Å². The SMILES string of the molecule is C[C@H](O)[C@H]1NC(=O)[C@@H]2C[C@H](NCc3ccc(F)c(F)c3)CN2C1=O. The summed E-state index contributed by atoms with van der Waals surface area (Å²) in [6, 6.07) is 2.05. The molecule has 2 amide bonds. The standard InChI is InChI=1S/C16H19F2N3O3/c1-8(22)14-16(24)21-7-10(5-13(21)15(23)20-14)19-6-9-2-3-11(17)12(18)4-9/h2-4,8,10,13-14,19,22H,5-7H2,1H3,(H,20,23)/t8-,10-,13-,14+/m0/s1. The van der Waals surface area contributed by atoms with Crippen LogP contribution in [0.2, 0.25) is 0 Å². The van der Waals surface area contributed by atoms with Crippen LogP contribution in [0.5, 0.6) is 0 Å². The number of aliphatic hydroxyl groups excluding tert-OH is 1. The van der Waals surface area contributed by atoms with E-state index >= 15 is 0 Å². The number of nitrogens with zero attached hydrogens (tertiary/aromatic N) is 1. The van der Waals surface area contributed by atoms with E-state index in [4.69, 9.17) is 0 Å². The normalized spacial score (nSPS) is 27.8. The van der Waals surface area contributed by atoms with Crippen molar-refractivity contribution in [2.24, 2.45) is 0 Å². The Morgan fingerprint density at radius 2 is 2.12 bits per heavy atom. The van der Waals surface area contributed by atoms with E-state index in [1.807, 2.05) is 0 Å². The van der Waals surface area contributed by atoms with Gasteiger partial charge in [0.05, 0.1) is 6.10 Å². The number of carbonyl (C=O) groups excluding carboxylic acids is 2. The Kier molecular flexibility index (Phi) is 4.51. The Hall–Kier alpha value is -2.06. The van der Waals surface area contributed by atoms with Gasteiger partial charge in [-0.25, -0.2) is 8.78 Å². The molecule has 130 valence electrons. The van der Waals surface area contributed by atoms with Gasteiger partial charge in [-0.05, 0) is 31.0 Å². The Morgan fingerprint density at radius 1 is 1.38 bits per heavy atom. The molecular formula is C16H19F2N3O3. The fourth-order valence-corrected chi connectivity index (χ4v) is 3.20. The van der Waals surface area contributed by atoms with Gasteiger partial charge in [-0.1, -0.05) is 6.07 Å². The molecule has 0 aliphatic carbocycles. The molecule has 4 atom stereocenters. The van der Waals surface area contributed by atoms with Gasteiger partial charge in [-0.2, -0.15) is 0 Å². The minimum absolute atomic E-state index is 0.134. The summed E-state index contributed by atoms with van der Waals surface area (Å²) in [4.78, 5) is 25.9.